The first-order valence-corrected chi connectivity index (χ1v) is 37.6. The zero-order valence-corrected chi connectivity index (χ0v) is 56.8. The normalized spacial score (nSPS) is 14.0. The van der Waals surface area contributed by atoms with Crippen molar-refractivity contribution in [3.8, 4) is 0 Å². The Labute approximate surface area is 517 Å². The summed E-state index contributed by atoms with van der Waals surface area (Å²) in [7, 11) is 1.32. The van der Waals surface area contributed by atoms with E-state index in [-0.39, 0.29) is 19.1 Å². The van der Waals surface area contributed by atoms with Crippen molar-refractivity contribution in [3.63, 3.8) is 0 Å². The number of nitrogens with one attached hydrogen (secondary N) is 1. The fraction of sp³-hybridized carbons (Fsp3) is 0.851. The van der Waals surface area contributed by atoms with Crippen molar-refractivity contribution in [2.45, 2.75) is 366 Å². The highest BCUT2D eigenvalue weighted by Gasteiger charge is 2.24. The summed E-state index contributed by atoms with van der Waals surface area (Å²) < 4.78 is 23.6. The minimum absolute atomic E-state index is 0.0127. The van der Waals surface area contributed by atoms with E-state index in [1.807, 2.05) is 21.1 Å². The molecule has 0 saturated heterocycles. The van der Waals surface area contributed by atoms with E-state index in [1.54, 1.807) is 0 Å². The van der Waals surface area contributed by atoms with Crippen LogP contribution in [0.5, 0.6) is 0 Å². The Morgan fingerprint density at radius 1 is 0.434 bits per heavy atom. The molecule has 0 aromatic heterocycles. The zero-order valence-electron chi connectivity index (χ0n) is 55.9. The lowest BCUT2D eigenvalue weighted by molar-refractivity contribution is -0.870. The van der Waals surface area contributed by atoms with Gasteiger partial charge in [0.25, 0.3) is 7.82 Å². The molecule has 0 spiro atoms. The second-order valence-electron chi connectivity index (χ2n) is 25.9. The Kier molecular flexibility index (Phi) is 63.3. The third-order valence-corrected chi connectivity index (χ3v) is 17.5. The molecular formula is C74H141N2O6P. The fourth-order valence-corrected chi connectivity index (χ4v) is 11.7. The molecule has 0 fully saturated rings. The summed E-state index contributed by atoms with van der Waals surface area (Å²) in [6, 6.07) is -0.803. The highest BCUT2D eigenvalue weighted by molar-refractivity contribution is 7.45. The molecule has 0 rings (SSSR count). The van der Waals surface area contributed by atoms with Crippen LogP contribution in [-0.4, -0.2) is 68.5 Å². The maximum absolute atomic E-state index is 13.1. The molecule has 0 aliphatic heterocycles. The third kappa shape index (κ3) is 67.6. The summed E-state index contributed by atoms with van der Waals surface area (Å²) in [4.78, 5) is 25.7. The summed E-state index contributed by atoms with van der Waals surface area (Å²) >= 11 is 0. The Bertz CT molecular complexity index is 1540. The first kappa shape index (κ1) is 81.2. The van der Waals surface area contributed by atoms with Crippen LogP contribution in [0.15, 0.2) is 60.8 Å². The van der Waals surface area contributed by atoms with Crippen molar-refractivity contribution in [3.05, 3.63) is 60.8 Å². The molecule has 3 atom stereocenters. The number of carbonyl (C=O) groups is 1. The predicted molar refractivity (Wildman–Crippen MR) is 362 cm³/mol. The molecule has 488 valence electrons. The minimum atomic E-state index is -4.58. The molecule has 0 saturated carbocycles. The van der Waals surface area contributed by atoms with E-state index in [1.165, 1.54) is 257 Å². The summed E-state index contributed by atoms with van der Waals surface area (Å²) in [5.41, 5.74) is 0. The van der Waals surface area contributed by atoms with E-state index in [4.69, 9.17) is 9.05 Å². The highest BCUT2D eigenvalue weighted by atomic mass is 31.2. The zero-order chi connectivity index (χ0) is 60.5. The average molecular weight is 1190 g/mol. The maximum atomic E-state index is 13.1. The number of allylic oxidation sites excluding steroid dienone is 10. The number of carbonyl (C=O) groups excluding carboxylic acids is 1. The molecule has 0 radical (unpaired) electrons. The maximum Gasteiger partial charge on any atom is 0.268 e. The second-order valence-corrected chi connectivity index (χ2v) is 27.3. The van der Waals surface area contributed by atoms with Crippen molar-refractivity contribution < 1.29 is 32.9 Å². The van der Waals surface area contributed by atoms with Gasteiger partial charge in [0.2, 0.25) is 5.91 Å². The van der Waals surface area contributed by atoms with Gasteiger partial charge >= 0.3 is 0 Å². The molecule has 0 aromatic carbocycles. The molecule has 9 heteroatoms. The summed E-state index contributed by atoms with van der Waals surface area (Å²) in [6.45, 7) is 4.66. The van der Waals surface area contributed by atoms with Gasteiger partial charge in [-0.05, 0) is 57.8 Å². The molecule has 3 unspecified atom stereocenters. The highest BCUT2D eigenvalue weighted by Crippen LogP contribution is 2.38. The molecule has 8 nitrogen and oxygen atoms in total. The number of phosphoric ester groups is 1. The molecule has 0 aromatic rings. The van der Waals surface area contributed by atoms with Gasteiger partial charge in [0.05, 0.1) is 39.9 Å². The Balaban J connectivity index is 4.00. The summed E-state index contributed by atoms with van der Waals surface area (Å²) in [5.74, 6) is -0.159. The Morgan fingerprint density at radius 2 is 0.735 bits per heavy atom. The lowest BCUT2D eigenvalue weighted by Gasteiger charge is -2.30. The number of hydrogen-bond donors (Lipinski definition) is 2. The van der Waals surface area contributed by atoms with Crippen molar-refractivity contribution in [1.82, 2.24) is 5.32 Å². The number of aliphatic hydroxyl groups is 1. The topological polar surface area (TPSA) is 108 Å². The lowest BCUT2D eigenvalue weighted by Crippen LogP contribution is -2.46. The van der Waals surface area contributed by atoms with Gasteiger partial charge in [-0.25, -0.2) is 0 Å². The number of aliphatic hydroxyl groups excluding tert-OH is 1. The molecule has 83 heavy (non-hydrogen) atoms. The quantitative estimate of drug-likeness (QED) is 0.0272. The predicted octanol–water partition coefficient (Wildman–Crippen LogP) is 22.5. The number of amides is 1. The van der Waals surface area contributed by atoms with E-state index in [9.17, 15) is 19.4 Å². The Morgan fingerprint density at radius 3 is 1.07 bits per heavy atom. The Hall–Kier alpha value is -1.80. The van der Waals surface area contributed by atoms with Crippen LogP contribution in [0.2, 0.25) is 0 Å². The smallest absolute Gasteiger partial charge is 0.268 e. The molecule has 2 N–H and O–H groups in total. The summed E-state index contributed by atoms with van der Waals surface area (Å²) in [5, 5.41) is 14.1. The molecule has 1 amide bonds. The van der Waals surface area contributed by atoms with Crippen LogP contribution in [0.1, 0.15) is 354 Å². The molecular weight excluding hydrogens is 1040 g/mol. The van der Waals surface area contributed by atoms with Gasteiger partial charge in [0.15, 0.2) is 0 Å². The number of nitrogens with zero attached hydrogens (tertiary/aromatic N) is 1. The van der Waals surface area contributed by atoms with Crippen LogP contribution >= 0.6 is 7.82 Å². The van der Waals surface area contributed by atoms with Gasteiger partial charge in [-0.15, -0.1) is 0 Å². The second kappa shape index (κ2) is 64.7. The molecule has 0 heterocycles. The van der Waals surface area contributed by atoms with Crippen molar-refractivity contribution in [1.29, 1.82) is 0 Å². The van der Waals surface area contributed by atoms with Gasteiger partial charge in [0.1, 0.15) is 13.2 Å². The van der Waals surface area contributed by atoms with Gasteiger partial charge in [-0.2, -0.15) is 0 Å². The number of hydrogen-bond acceptors (Lipinski definition) is 6. The summed E-state index contributed by atoms with van der Waals surface area (Å²) in [6.07, 6.45) is 88.7. The van der Waals surface area contributed by atoms with E-state index >= 15 is 0 Å². The minimum Gasteiger partial charge on any atom is -0.756 e. The van der Waals surface area contributed by atoms with Crippen LogP contribution in [-0.2, 0) is 18.4 Å². The average Bonchev–Trinajstić information content (AvgIpc) is 3.49. The first-order valence-electron chi connectivity index (χ1n) is 36.1. The number of unbranched alkanes of at least 4 members (excludes halogenated alkanes) is 44. The van der Waals surface area contributed by atoms with E-state index < -0.39 is 20.0 Å². The van der Waals surface area contributed by atoms with E-state index in [0.29, 0.717) is 23.9 Å². The molecule has 0 aliphatic carbocycles. The van der Waals surface area contributed by atoms with Crippen LogP contribution in [0, 0.1) is 0 Å². The lowest BCUT2D eigenvalue weighted by atomic mass is 10.0. The monoisotopic (exact) mass is 1190 g/mol. The molecule has 0 bridgehead atoms. The van der Waals surface area contributed by atoms with E-state index in [2.05, 4.69) is 79.9 Å². The van der Waals surface area contributed by atoms with E-state index in [0.717, 1.165) is 70.6 Å². The van der Waals surface area contributed by atoms with Gasteiger partial charge < -0.3 is 28.8 Å². The number of rotatable bonds is 67. The van der Waals surface area contributed by atoms with Crippen molar-refractivity contribution >= 4 is 13.7 Å². The van der Waals surface area contributed by atoms with Gasteiger partial charge in [-0.1, -0.05) is 351 Å². The fourth-order valence-electron chi connectivity index (χ4n) is 11.0. The van der Waals surface area contributed by atoms with Crippen LogP contribution in [0.3, 0.4) is 0 Å². The standard InChI is InChI=1S/C74H141N2O6P/c1-6-8-10-12-14-16-18-20-22-24-26-28-30-32-34-36-37-38-39-40-42-44-46-48-50-52-54-56-58-60-62-64-66-68-74(78)75-72(71-82-83(79,80)81-70-69-76(3,4)5)73(77)67-65-63-61-59-57-55-53-51-49-47-45-43-41-35-33-31-29-27-25-23-21-19-17-15-13-11-9-7-2/h8,10,14,16,20,22,26,28,32,34,72-73,77H,6-7,9,11-13,15,17-19,21,23-25,27,29-31,33,35-71H2,1-5H3,(H-,75,78,79,80)/b10-8-,16-14-,22-20-,28-26-,34-32-. The number of likely N-dealkylation sites (N-methyl/N-ethyl adjacent to an activating group) is 1. The van der Waals surface area contributed by atoms with Gasteiger partial charge in [0, 0.05) is 6.42 Å². The number of quaternary nitrogens is 1. The van der Waals surface area contributed by atoms with Crippen LogP contribution in [0.25, 0.3) is 0 Å². The molecule has 0 aliphatic rings. The largest absolute Gasteiger partial charge is 0.756 e. The van der Waals surface area contributed by atoms with Crippen LogP contribution < -0.4 is 10.2 Å². The first-order chi connectivity index (χ1) is 40.5. The van der Waals surface area contributed by atoms with Crippen LogP contribution in [0.4, 0.5) is 0 Å². The van der Waals surface area contributed by atoms with Crippen molar-refractivity contribution in [2.75, 3.05) is 40.9 Å². The number of phosphoric acid groups is 1. The van der Waals surface area contributed by atoms with Gasteiger partial charge in [-0.3, -0.25) is 9.36 Å². The SMILES string of the molecule is CC/C=C\C/C=C\C/C=C\C/C=C\C/C=C\CCCCCCCCCCCCCCCCCCCC(=O)NC(COP(=O)([O-])OCC[N+](C)(C)C)C(O)CCCCCCCCCCCCCCCCCCCCCCCCCCCCCC. The van der Waals surface area contributed by atoms with Crippen molar-refractivity contribution in [2.24, 2.45) is 0 Å². The third-order valence-electron chi connectivity index (χ3n) is 16.5.